The Labute approximate surface area is 164 Å². The second-order valence-electron chi connectivity index (χ2n) is 7.02. The summed E-state index contributed by atoms with van der Waals surface area (Å²) >= 11 is 5.87. The third-order valence-electron chi connectivity index (χ3n) is 4.71. The highest BCUT2D eigenvalue weighted by molar-refractivity contribution is 6.30. The average molecular weight is 399 g/mol. The van der Waals surface area contributed by atoms with Crippen LogP contribution in [0.4, 0.5) is 0 Å². The fourth-order valence-electron chi connectivity index (χ4n) is 3.13. The van der Waals surface area contributed by atoms with Crippen LogP contribution in [0.5, 0.6) is 0 Å². The largest absolute Gasteiger partial charge is 0.340 e. The summed E-state index contributed by atoms with van der Waals surface area (Å²) < 4.78 is 5.44. The number of rotatable bonds is 5. The van der Waals surface area contributed by atoms with Gasteiger partial charge in [-0.2, -0.15) is 4.98 Å². The van der Waals surface area contributed by atoms with E-state index in [0.29, 0.717) is 22.3 Å². The minimum absolute atomic E-state index is 0. The van der Waals surface area contributed by atoms with Crippen molar-refractivity contribution in [2.45, 2.75) is 51.1 Å². The third kappa shape index (κ3) is 4.37. The van der Waals surface area contributed by atoms with Crippen LogP contribution in [0.15, 0.2) is 28.8 Å². The lowest BCUT2D eigenvalue weighted by Crippen LogP contribution is -2.35. The molecule has 2 aromatic rings. The Hall–Kier alpha value is -1.63. The van der Waals surface area contributed by atoms with Crippen molar-refractivity contribution < 1.29 is 9.32 Å². The van der Waals surface area contributed by atoms with E-state index in [1.165, 1.54) is 0 Å². The molecular formula is C18H24Cl2N4O2. The van der Waals surface area contributed by atoms with E-state index in [2.05, 4.69) is 15.5 Å². The molecule has 0 bridgehead atoms. The Morgan fingerprint density at radius 2 is 1.88 bits per heavy atom. The molecule has 142 valence electrons. The number of halogens is 2. The molecule has 1 saturated carbocycles. The van der Waals surface area contributed by atoms with Gasteiger partial charge < -0.3 is 15.6 Å². The molecule has 1 aliphatic rings. The van der Waals surface area contributed by atoms with E-state index in [4.69, 9.17) is 21.9 Å². The quantitative estimate of drug-likeness (QED) is 0.793. The van der Waals surface area contributed by atoms with Gasteiger partial charge in [0.2, 0.25) is 5.89 Å². The van der Waals surface area contributed by atoms with E-state index < -0.39 is 5.54 Å². The molecule has 1 aromatic heterocycles. The second kappa shape index (κ2) is 8.37. The van der Waals surface area contributed by atoms with Gasteiger partial charge in [-0.1, -0.05) is 43.4 Å². The molecule has 26 heavy (non-hydrogen) atoms. The fraction of sp³-hybridized carbons (Fsp3) is 0.500. The number of hydrogen-bond acceptors (Lipinski definition) is 5. The van der Waals surface area contributed by atoms with Gasteiger partial charge in [-0.15, -0.1) is 12.4 Å². The van der Waals surface area contributed by atoms with E-state index in [9.17, 15) is 4.79 Å². The average Bonchev–Trinajstić information content (AvgIpc) is 3.23. The molecule has 1 atom stereocenters. The van der Waals surface area contributed by atoms with Crippen LogP contribution in [0.2, 0.25) is 5.02 Å². The Kier molecular flexibility index (Phi) is 6.66. The summed E-state index contributed by atoms with van der Waals surface area (Å²) in [5.74, 6) is 0.802. The first-order valence-electron chi connectivity index (χ1n) is 8.58. The Balaban J connectivity index is 0.00000243. The molecule has 8 heteroatoms. The molecule has 1 aromatic carbocycles. The van der Waals surface area contributed by atoms with Crippen LogP contribution >= 0.6 is 24.0 Å². The number of aromatic nitrogens is 2. The van der Waals surface area contributed by atoms with Crippen LogP contribution in [0, 0.1) is 5.92 Å². The van der Waals surface area contributed by atoms with Crippen LogP contribution in [0.1, 0.15) is 67.6 Å². The smallest absolute Gasteiger partial charge is 0.251 e. The first-order valence-corrected chi connectivity index (χ1v) is 8.96. The summed E-state index contributed by atoms with van der Waals surface area (Å²) in [5.41, 5.74) is 6.41. The lowest BCUT2D eigenvalue weighted by molar-refractivity contribution is 0.0914. The summed E-state index contributed by atoms with van der Waals surface area (Å²) in [6, 6.07) is 6.35. The van der Waals surface area contributed by atoms with Crippen molar-refractivity contribution in [1.82, 2.24) is 15.5 Å². The summed E-state index contributed by atoms with van der Waals surface area (Å²) in [5, 5.41) is 7.64. The van der Waals surface area contributed by atoms with Gasteiger partial charge in [-0.05, 0) is 43.0 Å². The molecule has 3 N–H and O–H groups in total. The number of benzene rings is 1. The van der Waals surface area contributed by atoms with Crippen LogP contribution in [-0.4, -0.2) is 16.0 Å². The highest BCUT2D eigenvalue weighted by Crippen LogP contribution is 2.35. The molecule has 0 radical (unpaired) electrons. The molecule has 0 saturated heterocycles. The summed E-state index contributed by atoms with van der Waals surface area (Å²) in [4.78, 5) is 17.0. The molecule has 1 unspecified atom stereocenters. The number of nitrogens with one attached hydrogen (secondary N) is 1. The monoisotopic (exact) mass is 398 g/mol. The fourth-order valence-corrected chi connectivity index (χ4v) is 3.26. The van der Waals surface area contributed by atoms with Gasteiger partial charge in [-0.3, -0.25) is 4.79 Å². The minimum atomic E-state index is -0.510. The van der Waals surface area contributed by atoms with Crippen molar-refractivity contribution in [2.75, 3.05) is 0 Å². The second-order valence-corrected chi connectivity index (χ2v) is 7.46. The number of hydrogen-bond donors (Lipinski definition) is 2. The minimum Gasteiger partial charge on any atom is -0.340 e. The van der Waals surface area contributed by atoms with Crippen molar-refractivity contribution in [3.05, 3.63) is 46.6 Å². The molecule has 1 aliphatic carbocycles. The van der Waals surface area contributed by atoms with Crippen molar-refractivity contribution >= 4 is 29.9 Å². The molecule has 0 aliphatic heterocycles. The number of carbonyl (C=O) groups excluding carboxylic acids is 1. The molecule has 1 heterocycles. The first-order chi connectivity index (χ1) is 11.9. The van der Waals surface area contributed by atoms with E-state index in [1.54, 1.807) is 24.3 Å². The topological polar surface area (TPSA) is 94.0 Å². The maximum Gasteiger partial charge on any atom is 0.251 e. The predicted octanol–water partition coefficient (Wildman–Crippen LogP) is 4.00. The van der Waals surface area contributed by atoms with Crippen LogP contribution in [0.3, 0.4) is 0 Å². The zero-order valence-electron chi connectivity index (χ0n) is 14.9. The Morgan fingerprint density at radius 3 is 2.46 bits per heavy atom. The van der Waals surface area contributed by atoms with Crippen molar-refractivity contribution in [3.63, 3.8) is 0 Å². The van der Waals surface area contributed by atoms with E-state index in [-0.39, 0.29) is 30.3 Å². The Morgan fingerprint density at radius 1 is 1.27 bits per heavy atom. The normalized spacial score (nSPS) is 17.0. The van der Waals surface area contributed by atoms with Crippen LogP contribution in [0.25, 0.3) is 0 Å². The predicted molar refractivity (Wildman–Crippen MR) is 102 cm³/mol. The molecule has 0 spiro atoms. The van der Waals surface area contributed by atoms with Gasteiger partial charge >= 0.3 is 0 Å². The van der Waals surface area contributed by atoms with E-state index >= 15 is 0 Å². The maximum absolute atomic E-state index is 12.5. The molecule has 3 rings (SSSR count). The molecule has 6 nitrogen and oxygen atoms in total. The van der Waals surface area contributed by atoms with Gasteiger partial charge in [0.1, 0.15) is 6.04 Å². The van der Waals surface area contributed by atoms with Gasteiger partial charge in [0.15, 0.2) is 5.82 Å². The lowest BCUT2D eigenvalue weighted by atomic mass is 9.98. The SMILES string of the molecule is CC(C)C(NC(=O)c1ccc(Cl)cc1)c1nc(C2(N)CCCC2)no1.Cl. The maximum atomic E-state index is 12.5. The molecule has 1 amide bonds. The summed E-state index contributed by atoms with van der Waals surface area (Å²) in [6.07, 6.45) is 3.85. The first kappa shape index (κ1) is 20.7. The third-order valence-corrected chi connectivity index (χ3v) is 4.96. The van der Waals surface area contributed by atoms with Gasteiger partial charge in [0.25, 0.3) is 5.91 Å². The number of nitrogens with two attached hydrogens (primary N) is 1. The van der Waals surface area contributed by atoms with Gasteiger partial charge in [0.05, 0.1) is 5.54 Å². The highest BCUT2D eigenvalue weighted by atomic mass is 35.5. The summed E-state index contributed by atoms with van der Waals surface area (Å²) in [6.45, 7) is 3.98. The lowest BCUT2D eigenvalue weighted by Gasteiger charge is -2.19. The highest BCUT2D eigenvalue weighted by Gasteiger charge is 2.37. The van der Waals surface area contributed by atoms with E-state index in [0.717, 1.165) is 25.7 Å². The summed E-state index contributed by atoms with van der Waals surface area (Å²) in [7, 11) is 0. The van der Waals surface area contributed by atoms with Crippen molar-refractivity contribution in [1.29, 1.82) is 0 Å². The molecular weight excluding hydrogens is 375 g/mol. The van der Waals surface area contributed by atoms with Crippen LogP contribution in [-0.2, 0) is 5.54 Å². The number of carbonyl (C=O) groups is 1. The van der Waals surface area contributed by atoms with Crippen molar-refractivity contribution in [2.24, 2.45) is 11.7 Å². The zero-order chi connectivity index (χ0) is 18.0. The standard InChI is InChI=1S/C18H23ClN4O2.ClH/c1-11(2)14(21-15(24)12-5-7-13(19)8-6-12)16-22-17(23-25-16)18(20)9-3-4-10-18;/h5-8,11,14H,3-4,9-10,20H2,1-2H3,(H,21,24);1H. The zero-order valence-corrected chi connectivity index (χ0v) is 16.4. The van der Waals surface area contributed by atoms with Crippen molar-refractivity contribution in [3.8, 4) is 0 Å². The number of nitrogens with zero attached hydrogens (tertiary/aromatic N) is 2. The van der Waals surface area contributed by atoms with Gasteiger partial charge in [0, 0.05) is 10.6 Å². The molecule has 1 fully saturated rings. The van der Waals surface area contributed by atoms with Crippen LogP contribution < -0.4 is 11.1 Å². The Bertz CT molecular complexity index is 740. The van der Waals surface area contributed by atoms with Gasteiger partial charge in [-0.25, -0.2) is 0 Å². The van der Waals surface area contributed by atoms with E-state index in [1.807, 2.05) is 13.8 Å². The number of amides is 1.